The van der Waals surface area contributed by atoms with Crippen LogP contribution in [0.15, 0.2) is 11.8 Å². The summed E-state index contributed by atoms with van der Waals surface area (Å²) in [5.74, 6) is -0.0884. The van der Waals surface area contributed by atoms with Crippen LogP contribution in [0.5, 0.6) is 0 Å². The van der Waals surface area contributed by atoms with E-state index in [1.54, 1.807) is 7.11 Å². The number of carboxylic acids is 1. The van der Waals surface area contributed by atoms with Crippen molar-refractivity contribution in [3.63, 3.8) is 0 Å². The van der Waals surface area contributed by atoms with Crippen molar-refractivity contribution in [3.8, 4) is 0 Å². The first-order valence-electron chi connectivity index (χ1n) is 5.54. The van der Waals surface area contributed by atoms with Crippen molar-refractivity contribution in [2.24, 2.45) is 0 Å². The van der Waals surface area contributed by atoms with Gasteiger partial charge in [-0.3, -0.25) is 9.63 Å². The van der Waals surface area contributed by atoms with Gasteiger partial charge in [0.15, 0.2) is 0 Å². The first-order valence-corrected chi connectivity index (χ1v) is 5.54. The van der Waals surface area contributed by atoms with E-state index in [0.717, 1.165) is 18.6 Å². The Morgan fingerprint density at radius 1 is 1.62 bits per heavy atom. The number of rotatable bonds is 6. The number of hydrogen-bond acceptors (Lipinski definition) is 4. The van der Waals surface area contributed by atoms with Gasteiger partial charge in [0.2, 0.25) is 0 Å². The Hall–Kier alpha value is -1.07. The number of aliphatic carboxylic acids is 1. The molecule has 0 aromatic rings. The normalized spacial score (nSPS) is 22.4. The molecule has 16 heavy (non-hydrogen) atoms. The molecule has 0 bridgehead atoms. The van der Waals surface area contributed by atoms with Crippen LogP contribution in [0.1, 0.15) is 26.2 Å². The molecule has 1 aliphatic rings. The first-order chi connectivity index (χ1) is 7.69. The highest BCUT2D eigenvalue weighted by atomic mass is 16.7. The molecular weight excluding hydrogens is 210 g/mol. The first kappa shape index (κ1) is 13.0. The Morgan fingerprint density at radius 2 is 2.38 bits per heavy atom. The minimum absolute atomic E-state index is 0.300. The van der Waals surface area contributed by atoms with Crippen LogP contribution >= 0.6 is 0 Å². The molecule has 5 nitrogen and oxygen atoms in total. The van der Waals surface area contributed by atoms with E-state index in [0.29, 0.717) is 19.6 Å². The monoisotopic (exact) mass is 229 g/mol. The molecule has 1 saturated heterocycles. The average Bonchev–Trinajstić information content (AvgIpc) is 2.72. The van der Waals surface area contributed by atoms with Gasteiger partial charge in [0.25, 0.3) is 0 Å². The van der Waals surface area contributed by atoms with E-state index in [4.69, 9.17) is 14.7 Å². The molecule has 0 spiro atoms. The Morgan fingerprint density at radius 3 is 2.94 bits per heavy atom. The van der Waals surface area contributed by atoms with Crippen LogP contribution < -0.4 is 0 Å². The second kappa shape index (κ2) is 6.50. The summed E-state index contributed by atoms with van der Waals surface area (Å²) < 4.78 is 5.11. The fourth-order valence-electron chi connectivity index (χ4n) is 1.72. The van der Waals surface area contributed by atoms with Gasteiger partial charge in [0.1, 0.15) is 18.4 Å². The van der Waals surface area contributed by atoms with E-state index in [9.17, 15) is 4.79 Å². The molecule has 0 aromatic carbocycles. The standard InChI is InChI=1S/C11H19NO4/c1-3-5-9(15-2)8-16-12-7-4-6-10(12)11(13)14/h5,10H,3-4,6-8H2,1-2H3,(H,13,14)/b9-5+. The smallest absolute Gasteiger partial charge is 0.323 e. The van der Waals surface area contributed by atoms with Gasteiger partial charge in [-0.15, -0.1) is 0 Å². The highest BCUT2D eigenvalue weighted by molar-refractivity contribution is 5.73. The number of hydrogen-bond donors (Lipinski definition) is 1. The van der Waals surface area contributed by atoms with Crippen molar-refractivity contribution in [1.29, 1.82) is 0 Å². The second-order valence-corrected chi connectivity index (χ2v) is 3.69. The zero-order chi connectivity index (χ0) is 12.0. The fourth-order valence-corrected chi connectivity index (χ4v) is 1.72. The van der Waals surface area contributed by atoms with E-state index in [2.05, 4.69) is 0 Å². The maximum Gasteiger partial charge on any atom is 0.323 e. The molecule has 0 aliphatic carbocycles. The molecule has 1 N–H and O–H groups in total. The van der Waals surface area contributed by atoms with Crippen molar-refractivity contribution in [3.05, 3.63) is 11.8 Å². The van der Waals surface area contributed by atoms with Gasteiger partial charge in [-0.25, -0.2) is 0 Å². The molecular formula is C11H19NO4. The topological polar surface area (TPSA) is 59.0 Å². The minimum Gasteiger partial charge on any atom is -0.499 e. The maximum absolute atomic E-state index is 10.9. The number of methoxy groups -OCH3 is 1. The van der Waals surface area contributed by atoms with Crippen LogP contribution in [-0.2, 0) is 14.4 Å². The molecule has 1 heterocycles. The third-order valence-electron chi connectivity index (χ3n) is 2.56. The predicted octanol–water partition coefficient (Wildman–Crippen LogP) is 1.41. The number of allylic oxidation sites excluding steroid dienone is 1. The summed E-state index contributed by atoms with van der Waals surface area (Å²) in [5, 5.41) is 10.5. The number of hydroxylamine groups is 2. The van der Waals surface area contributed by atoms with Crippen LogP contribution in [0.4, 0.5) is 0 Å². The molecule has 1 atom stereocenters. The summed E-state index contributed by atoms with van der Waals surface area (Å²) in [6.07, 6.45) is 4.30. The third kappa shape index (κ3) is 3.50. The van der Waals surface area contributed by atoms with Crippen molar-refractivity contribution in [1.82, 2.24) is 5.06 Å². The minimum atomic E-state index is -0.823. The summed E-state index contributed by atoms with van der Waals surface area (Å²) >= 11 is 0. The number of carboxylic acid groups (broad SMARTS) is 1. The molecule has 1 rings (SSSR count). The molecule has 0 radical (unpaired) electrons. The van der Waals surface area contributed by atoms with E-state index in [-0.39, 0.29) is 0 Å². The molecule has 92 valence electrons. The van der Waals surface area contributed by atoms with Crippen LogP contribution in [-0.4, -0.2) is 42.4 Å². The summed E-state index contributed by atoms with van der Waals surface area (Å²) in [7, 11) is 1.59. The number of nitrogens with zero attached hydrogens (tertiary/aromatic N) is 1. The van der Waals surface area contributed by atoms with Crippen molar-refractivity contribution in [2.45, 2.75) is 32.2 Å². The molecule has 0 aromatic heterocycles. The highest BCUT2D eigenvalue weighted by Gasteiger charge is 2.31. The molecule has 1 aliphatic heterocycles. The third-order valence-corrected chi connectivity index (χ3v) is 2.56. The van der Waals surface area contributed by atoms with Crippen molar-refractivity contribution >= 4 is 5.97 Å². The van der Waals surface area contributed by atoms with Crippen molar-refractivity contribution in [2.75, 3.05) is 20.3 Å². The molecule has 1 fully saturated rings. The molecule has 1 unspecified atom stereocenters. The Bertz CT molecular complexity index is 265. The SMILES string of the molecule is CC/C=C(\CON1CCCC1C(=O)O)OC. The summed E-state index contributed by atoms with van der Waals surface area (Å²) in [5.41, 5.74) is 0. The van der Waals surface area contributed by atoms with Gasteiger partial charge in [-0.1, -0.05) is 6.92 Å². The summed E-state index contributed by atoms with van der Waals surface area (Å²) in [6.45, 7) is 2.98. The van der Waals surface area contributed by atoms with E-state index >= 15 is 0 Å². The molecule has 5 heteroatoms. The zero-order valence-corrected chi connectivity index (χ0v) is 9.81. The second-order valence-electron chi connectivity index (χ2n) is 3.69. The van der Waals surface area contributed by atoms with Gasteiger partial charge in [0, 0.05) is 6.54 Å². The number of ether oxygens (including phenoxy) is 1. The maximum atomic E-state index is 10.9. The Labute approximate surface area is 95.6 Å². The summed E-state index contributed by atoms with van der Waals surface area (Å²) in [4.78, 5) is 16.3. The van der Waals surface area contributed by atoms with E-state index < -0.39 is 12.0 Å². The lowest BCUT2D eigenvalue weighted by Crippen LogP contribution is -2.36. The van der Waals surface area contributed by atoms with E-state index in [1.807, 2.05) is 13.0 Å². The van der Waals surface area contributed by atoms with Gasteiger partial charge >= 0.3 is 5.97 Å². The van der Waals surface area contributed by atoms with Crippen LogP contribution in [0.2, 0.25) is 0 Å². The fraction of sp³-hybridized carbons (Fsp3) is 0.727. The van der Waals surface area contributed by atoms with Gasteiger partial charge in [-0.2, -0.15) is 5.06 Å². The average molecular weight is 229 g/mol. The quantitative estimate of drug-likeness (QED) is 0.698. The number of carbonyl (C=O) groups is 1. The lowest BCUT2D eigenvalue weighted by Gasteiger charge is -2.20. The van der Waals surface area contributed by atoms with Crippen LogP contribution in [0, 0.1) is 0 Å². The van der Waals surface area contributed by atoms with Gasteiger partial charge in [0.05, 0.1) is 7.11 Å². The van der Waals surface area contributed by atoms with Gasteiger partial charge < -0.3 is 9.84 Å². The van der Waals surface area contributed by atoms with Crippen molar-refractivity contribution < 1.29 is 19.5 Å². The summed E-state index contributed by atoms with van der Waals surface area (Å²) in [6, 6.07) is -0.514. The molecule has 0 saturated carbocycles. The van der Waals surface area contributed by atoms with E-state index in [1.165, 1.54) is 5.06 Å². The van der Waals surface area contributed by atoms with Gasteiger partial charge in [-0.05, 0) is 25.3 Å². The van der Waals surface area contributed by atoms with Crippen LogP contribution in [0.3, 0.4) is 0 Å². The highest BCUT2D eigenvalue weighted by Crippen LogP contribution is 2.18. The Kier molecular flexibility index (Phi) is 5.28. The zero-order valence-electron chi connectivity index (χ0n) is 9.81. The Balaban J connectivity index is 2.42. The largest absolute Gasteiger partial charge is 0.499 e. The van der Waals surface area contributed by atoms with Crippen LogP contribution in [0.25, 0.3) is 0 Å². The lowest BCUT2D eigenvalue weighted by molar-refractivity contribution is -0.185. The lowest BCUT2D eigenvalue weighted by atomic mass is 10.2. The predicted molar refractivity (Wildman–Crippen MR) is 58.7 cm³/mol. The molecule has 0 amide bonds.